The van der Waals surface area contributed by atoms with Crippen molar-refractivity contribution in [3.05, 3.63) is 0 Å². The molecule has 3 N–H and O–H groups in total. The van der Waals surface area contributed by atoms with Crippen molar-refractivity contribution < 1.29 is 14.6 Å². The number of ether oxygens (including phenoxy) is 1. The van der Waals surface area contributed by atoms with Gasteiger partial charge in [0, 0.05) is 6.61 Å². The van der Waals surface area contributed by atoms with Gasteiger partial charge in [0.2, 0.25) is 0 Å². The van der Waals surface area contributed by atoms with E-state index < -0.39 is 12.0 Å². The fourth-order valence-corrected chi connectivity index (χ4v) is 0.408. The summed E-state index contributed by atoms with van der Waals surface area (Å²) in [5.41, 5.74) is 5.20. The van der Waals surface area contributed by atoms with Gasteiger partial charge in [-0.2, -0.15) is 0 Å². The number of esters is 1. The quantitative estimate of drug-likeness (QED) is 0.548. The Hall–Kier alpha value is -0.320. The Morgan fingerprint density at radius 2 is 2.30 bits per heavy atom. The van der Waals surface area contributed by atoms with Crippen LogP contribution in [-0.2, 0) is 9.53 Å². The van der Waals surface area contributed by atoms with Gasteiger partial charge in [0.15, 0.2) is 0 Å². The first-order valence-corrected chi connectivity index (χ1v) is 2.66. The van der Waals surface area contributed by atoms with Crippen LogP contribution < -0.4 is 5.73 Å². The molecule has 0 aromatic heterocycles. The van der Waals surface area contributed by atoms with E-state index in [0.717, 1.165) is 0 Å². The molecule has 0 aliphatic carbocycles. The Morgan fingerprint density at radius 1 is 1.80 bits per heavy atom. The lowest BCUT2D eigenvalue weighted by atomic mass is 10.2. The minimum Gasteiger partial charge on any atom is -0.468 e. The monoisotopic (exact) mass is 169 g/mol. The summed E-state index contributed by atoms with van der Waals surface area (Å²) in [4.78, 5) is 10.4. The van der Waals surface area contributed by atoms with Crippen LogP contribution in [-0.4, -0.2) is 30.8 Å². The number of hydrogen-bond acceptors (Lipinski definition) is 4. The standard InChI is InChI=1S/C5H11NO3.ClH/c1-9-5(8)4(6)2-3-7;/h4,7H,2-3,6H2,1H3;1H/t4-;/m0./s1. The van der Waals surface area contributed by atoms with E-state index in [1.54, 1.807) is 0 Å². The number of hydrogen-bond donors (Lipinski definition) is 2. The Labute approximate surface area is 65.8 Å². The Kier molecular flexibility index (Phi) is 8.40. The summed E-state index contributed by atoms with van der Waals surface area (Å²) in [6.07, 6.45) is 0.257. The second-order valence-corrected chi connectivity index (χ2v) is 1.64. The number of aliphatic hydroxyl groups is 1. The molecule has 0 aromatic carbocycles. The molecule has 0 aliphatic rings. The van der Waals surface area contributed by atoms with E-state index >= 15 is 0 Å². The average molecular weight is 170 g/mol. The molecular formula is C5H12ClNO3. The van der Waals surface area contributed by atoms with E-state index in [0.29, 0.717) is 0 Å². The molecule has 0 heterocycles. The van der Waals surface area contributed by atoms with Crippen molar-refractivity contribution in [2.75, 3.05) is 13.7 Å². The fraction of sp³-hybridized carbons (Fsp3) is 0.800. The number of methoxy groups -OCH3 is 1. The van der Waals surface area contributed by atoms with Crippen LogP contribution in [0.4, 0.5) is 0 Å². The fourth-order valence-electron chi connectivity index (χ4n) is 0.408. The largest absolute Gasteiger partial charge is 0.468 e. The highest BCUT2D eigenvalue weighted by atomic mass is 35.5. The molecular weight excluding hydrogens is 158 g/mol. The zero-order chi connectivity index (χ0) is 7.28. The van der Waals surface area contributed by atoms with Gasteiger partial charge in [0.05, 0.1) is 7.11 Å². The highest BCUT2D eigenvalue weighted by Gasteiger charge is 2.11. The van der Waals surface area contributed by atoms with Crippen molar-refractivity contribution in [3.63, 3.8) is 0 Å². The van der Waals surface area contributed by atoms with E-state index in [4.69, 9.17) is 10.8 Å². The summed E-state index contributed by atoms with van der Waals surface area (Å²) in [5, 5.41) is 8.29. The van der Waals surface area contributed by atoms with Crippen LogP contribution in [0.5, 0.6) is 0 Å². The van der Waals surface area contributed by atoms with Crippen LogP contribution in [0.3, 0.4) is 0 Å². The van der Waals surface area contributed by atoms with Gasteiger partial charge in [-0.15, -0.1) is 12.4 Å². The normalized spacial score (nSPS) is 11.5. The Balaban J connectivity index is 0. The lowest BCUT2D eigenvalue weighted by Crippen LogP contribution is -2.32. The smallest absolute Gasteiger partial charge is 0.322 e. The van der Waals surface area contributed by atoms with Crippen LogP contribution in [0.2, 0.25) is 0 Å². The van der Waals surface area contributed by atoms with E-state index in [2.05, 4.69) is 4.74 Å². The molecule has 0 amide bonds. The molecule has 4 nitrogen and oxygen atoms in total. The maximum Gasteiger partial charge on any atom is 0.322 e. The van der Waals surface area contributed by atoms with E-state index in [1.807, 2.05) is 0 Å². The first-order valence-electron chi connectivity index (χ1n) is 2.66. The molecule has 0 spiro atoms. The molecule has 62 valence electrons. The third-order valence-corrected chi connectivity index (χ3v) is 0.944. The molecule has 0 bridgehead atoms. The van der Waals surface area contributed by atoms with Crippen molar-refractivity contribution in [1.29, 1.82) is 0 Å². The van der Waals surface area contributed by atoms with Gasteiger partial charge in [-0.05, 0) is 6.42 Å². The third-order valence-electron chi connectivity index (χ3n) is 0.944. The summed E-state index contributed by atoms with van der Waals surface area (Å²) in [5.74, 6) is -0.482. The maximum atomic E-state index is 10.4. The number of nitrogens with two attached hydrogens (primary N) is 1. The molecule has 5 heteroatoms. The number of carbonyl (C=O) groups excluding carboxylic acids is 1. The molecule has 0 saturated heterocycles. The first-order chi connectivity index (χ1) is 4.22. The van der Waals surface area contributed by atoms with E-state index in [1.165, 1.54) is 7.11 Å². The maximum absolute atomic E-state index is 10.4. The number of halogens is 1. The lowest BCUT2D eigenvalue weighted by molar-refractivity contribution is -0.142. The summed E-state index contributed by atoms with van der Waals surface area (Å²) in [7, 11) is 1.26. The molecule has 1 atom stereocenters. The Bertz CT molecular complexity index is 98.9. The predicted octanol–water partition coefficient (Wildman–Crippen LogP) is -0.709. The summed E-state index contributed by atoms with van der Waals surface area (Å²) in [6.45, 7) is -0.0870. The van der Waals surface area contributed by atoms with E-state index in [-0.39, 0.29) is 25.4 Å². The van der Waals surface area contributed by atoms with Crippen LogP contribution in [0.1, 0.15) is 6.42 Å². The number of rotatable bonds is 3. The van der Waals surface area contributed by atoms with Gasteiger partial charge in [-0.3, -0.25) is 4.79 Å². The number of carbonyl (C=O) groups is 1. The van der Waals surface area contributed by atoms with Crippen molar-refractivity contribution in [3.8, 4) is 0 Å². The molecule has 0 unspecified atom stereocenters. The summed E-state index contributed by atoms with van der Waals surface area (Å²) >= 11 is 0. The van der Waals surface area contributed by atoms with Crippen molar-refractivity contribution >= 4 is 18.4 Å². The van der Waals surface area contributed by atoms with Gasteiger partial charge in [-0.1, -0.05) is 0 Å². The topological polar surface area (TPSA) is 72.5 Å². The van der Waals surface area contributed by atoms with Gasteiger partial charge in [0.25, 0.3) is 0 Å². The van der Waals surface area contributed by atoms with Crippen molar-refractivity contribution in [2.24, 2.45) is 5.73 Å². The van der Waals surface area contributed by atoms with Gasteiger partial charge in [0.1, 0.15) is 6.04 Å². The SMILES string of the molecule is COC(=O)[C@@H](N)CCO.Cl. The predicted molar refractivity (Wildman–Crippen MR) is 38.9 cm³/mol. The van der Waals surface area contributed by atoms with Crippen molar-refractivity contribution in [1.82, 2.24) is 0 Å². The minimum absolute atomic E-state index is 0. The number of aliphatic hydroxyl groups excluding tert-OH is 1. The molecule has 10 heavy (non-hydrogen) atoms. The van der Waals surface area contributed by atoms with E-state index in [9.17, 15) is 4.79 Å². The Morgan fingerprint density at radius 3 is 2.60 bits per heavy atom. The highest BCUT2D eigenvalue weighted by Crippen LogP contribution is 1.87. The van der Waals surface area contributed by atoms with Crippen LogP contribution >= 0.6 is 12.4 Å². The molecule has 0 rings (SSSR count). The van der Waals surface area contributed by atoms with Crippen LogP contribution in [0.25, 0.3) is 0 Å². The van der Waals surface area contributed by atoms with Crippen LogP contribution in [0, 0.1) is 0 Å². The zero-order valence-corrected chi connectivity index (χ0v) is 6.56. The average Bonchev–Trinajstić information content (AvgIpc) is 1.87. The molecule has 0 aliphatic heterocycles. The lowest BCUT2D eigenvalue weighted by Gasteiger charge is -2.04. The second kappa shape index (κ2) is 6.80. The second-order valence-electron chi connectivity index (χ2n) is 1.64. The summed E-state index contributed by atoms with van der Waals surface area (Å²) < 4.78 is 4.29. The minimum atomic E-state index is -0.681. The zero-order valence-electron chi connectivity index (χ0n) is 5.74. The summed E-state index contributed by atoms with van der Waals surface area (Å²) in [6, 6.07) is -0.681. The van der Waals surface area contributed by atoms with Gasteiger partial charge < -0.3 is 15.6 Å². The van der Waals surface area contributed by atoms with Gasteiger partial charge in [-0.25, -0.2) is 0 Å². The highest BCUT2D eigenvalue weighted by molar-refractivity contribution is 5.85. The van der Waals surface area contributed by atoms with Crippen molar-refractivity contribution in [2.45, 2.75) is 12.5 Å². The van der Waals surface area contributed by atoms with Crippen LogP contribution in [0.15, 0.2) is 0 Å². The molecule has 0 fully saturated rings. The molecule has 0 aromatic rings. The molecule has 0 saturated carbocycles. The first kappa shape index (κ1) is 12.4. The third kappa shape index (κ3) is 4.55. The van der Waals surface area contributed by atoms with Gasteiger partial charge >= 0.3 is 5.97 Å². The molecule has 0 radical (unpaired) electrons.